The summed E-state index contributed by atoms with van der Waals surface area (Å²) in [4.78, 5) is 37.3. The van der Waals surface area contributed by atoms with Crippen LogP contribution in [0.4, 0.5) is 5.95 Å². The fourth-order valence-corrected chi connectivity index (χ4v) is 2.59. The summed E-state index contributed by atoms with van der Waals surface area (Å²) in [7, 11) is 0. The highest BCUT2D eigenvalue weighted by molar-refractivity contribution is 6.22. The first-order valence-electron chi connectivity index (χ1n) is 6.71. The first-order chi connectivity index (χ1) is 10.6. The van der Waals surface area contributed by atoms with Gasteiger partial charge in [0.05, 0.1) is 17.7 Å². The quantitative estimate of drug-likeness (QED) is 0.509. The van der Waals surface area contributed by atoms with Gasteiger partial charge in [-0.2, -0.15) is 0 Å². The van der Waals surface area contributed by atoms with Crippen LogP contribution in [0.3, 0.4) is 0 Å². The minimum Gasteiger partial charge on any atom is -0.390 e. The Morgan fingerprint density at radius 1 is 1.27 bits per heavy atom. The minimum absolute atomic E-state index is 0.203. The highest BCUT2D eigenvalue weighted by atomic mass is 16.6. The number of nitro groups is 1. The van der Waals surface area contributed by atoms with E-state index in [0.717, 1.165) is 5.56 Å². The van der Waals surface area contributed by atoms with Crippen molar-refractivity contribution in [3.05, 3.63) is 57.4 Å². The van der Waals surface area contributed by atoms with Crippen molar-refractivity contribution in [1.82, 2.24) is 14.9 Å². The van der Waals surface area contributed by atoms with Crippen molar-refractivity contribution in [1.29, 1.82) is 0 Å². The van der Waals surface area contributed by atoms with Gasteiger partial charge in [-0.3, -0.25) is 14.9 Å². The van der Waals surface area contributed by atoms with Gasteiger partial charge in [-0.1, -0.05) is 17.1 Å². The lowest BCUT2D eigenvalue weighted by Crippen LogP contribution is -2.20. The Morgan fingerprint density at radius 3 is 2.86 bits per heavy atom. The normalized spacial score (nSPS) is 13.1. The topological polar surface area (TPSA) is 107 Å². The number of imide groups is 1. The van der Waals surface area contributed by atoms with Crippen molar-refractivity contribution >= 4 is 17.8 Å². The van der Waals surface area contributed by atoms with Crippen molar-refractivity contribution in [2.24, 2.45) is 0 Å². The molecule has 2 amide bonds. The molecule has 2 aromatic rings. The molecule has 0 spiro atoms. The van der Waals surface area contributed by atoms with Crippen LogP contribution in [0.25, 0.3) is 0 Å². The van der Waals surface area contributed by atoms with E-state index >= 15 is 0 Å². The third kappa shape index (κ3) is 2.34. The Hall–Kier alpha value is -3.03. The maximum atomic E-state index is 11.8. The molecule has 1 aliphatic heterocycles. The molecule has 112 valence electrons. The van der Waals surface area contributed by atoms with Gasteiger partial charge in [0.2, 0.25) is 0 Å². The number of nitrogens with zero attached hydrogens (tertiary/aromatic N) is 3. The smallest absolute Gasteiger partial charge is 0.390 e. The van der Waals surface area contributed by atoms with Gasteiger partial charge < -0.3 is 10.1 Å². The van der Waals surface area contributed by atoms with Crippen molar-refractivity contribution < 1.29 is 14.5 Å². The zero-order valence-corrected chi connectivity index (χ0v) is 11.5. The first-order valence-corrected chi connectivity index (χ1v) is 6.71. The van der Waals surface area contributed by atoms with Gasteiger partial charge in [-0.05, 0) is 29.4 Å². The zero-order chi connectivity index (χ0) is 15.7. The number of imidazole rings is 1. The number of nitrogens with one attached hydrogen (secondary N) is 1. The molecule has 0 unspecified atom stereocenters. The van der Waals surface area contributed by atoms with Crippen molar-refractivity contribution in [2.45, 2.75) is 19.4 Å². The second-order valence-corrected chi connectivity index (χ2v) is 4.90. The number of rotatable bonds is 5. The van der Waals surface area contributed by atoms with Crippen LogP contribution in [0.5, 0.6) is 0 Å². The highest BCUT2D eigenvalue weighted by Crippen LogP contribution is 2.21. The molecule has 0 radical (unpaired) electrons. The number of fused-ring (bicyclic) bond motifs is 1. The summed E-state index contributed by atoms with van der Waals surface area (Å²) in [6, 6.07) is 5.13. The lowest BCUT2D eigenvalue weighted by molar-refractivity contribution is -0.396. The van der Waals surface area contributed by atoms with Crippen LogP contribution >= 0.6 is 0 Å². The van der Waals surface area contributed by atoms with Gasteiger partial charge in [-0.15, -0.1) is 0 Å². The molecule has 0 atom stereocenters. The largest absolute Gasteiger partial charge is 0.434 e. The van der Waals surface area contributed by atoms with Gasteiger partial charge in [0.25, 0.3) is 11.8 Å². The molecule has 1 aromatic heterocycles. The monoisotopic (exact) mass is 300 g/mol. The van der Waals surface area contributed by atoms with E-state index in [4.69, 9.17) is 0 Å². The van der Waals surface area contributed by atoms with Crippen LogP contribution in [0, 0.1) is 10.1 Å². The maximum Gasteiger partial charge on any atom is 0.434 e. The molecule has 0 aliphatic carbocycles. The summed E-state index contributed by atoms with van der Waals surface area (Å²) in [5, 5.41) is 13.0. The molecule has 22 heavy (non-hydrogen) atoms. The summed E-state index contributed by atoms with van der Waals surface area (Å²) >= 11 is 0. The number of hydrogen-bond donors (Lipinski definition) is 1. The van der Waals surface area contributed by atoms with Crippen LogP contribution in [0.2, 0.25) is 0 Å². The second kappa shape index (κ2) is 5.40. The van der Waals surface area contributed by atoms with E-state index in [2.05, 4.69) is 10.3 Å². The molecule has 0 fully saturated rings. The van der Waals surface area contributed by atoms with Crippen LogP contribution < -0.4 is 5.32 Å². The Bertz CT molecular complexity index is 781. The lowest BCUT2D eigenvalue weighted by Gasteiger charge is -2.06. The third-order valence-corrected chi connectivity index (χ3v) is 3.55. The number of carbonyl (C=O) groups excluding carboxylic acids is 2. The highest BCUT2D eigenvalue weighted by Gasteiger charge is 2.28. The Kier molecular flexibility index (Phi) is 3.42. The maximum absolute atomic E-state index is 11.8. The average Bonchev–Trinajstić information content (AvgIpc) is 3.05. The summed E-state index contributed by atoms with van der Waals surface area (Å²) in [5.74, 6) is -0.970. The molecule has 3 rings (SSSR count). The lowest BCUT2D eigenvalue weighted by atomic mass is 9.99. The molecule has 8 nitrogen and oxygen atoms in total. The summed E-state index contributed by atoms with van der Waals surface area (Å²) in [6.07, 6.45) is 4.06. The molecule has 0 saturated carbocycles. The number of amides is 2. The Morgan fingerprint density at radius 2 is 2.09 bits per heavy atom. The van der Waals surface area contributed by atoms with Crippen LogP contribution in [0.1, 0.15) is 32.7 Å². The van der Waals surface area contributed by atoms with E-state index in [1.54, 1.807) is 24.4 Å². The molecule has 1 aliphatic rings. The standard InChI is InChI=1S/C14H12N4O4/c19-12-10-5-1-3-9(11(10)13(20)16-12)4-2-7-17-8-6-15-14(17)18(21)22/h1,3,5-6,8H,2,4,7H2,(H,16,19,20). The molecule has 1 aromatic carbocycles. The summed E-state index contributed by atoms with van der Waals surface area (Å²) in [6.45, 7) is 0.412. The number of benzene rings is 1. The number of carbonyl (C=O) groups is 2. The van der Waals surface area contributed by atoms with Crippen LogP contribution in [0.15, 0.2) is 30.6 Å². The van der Waals surface area contributed by atoms with E-state index in [1.807, 2.05) is 0 Å². The average molecular weight is 300 g/mol. The molecule has 2 heterocycles. The van der Waals surface area contributed by atoms with E-state index in [9.17, 15) is 19.7 Å². The van der Waals surface area contributed by atoms with Crippen molar-refractivity contribution in [3.8, 4) is 0 Å². The van der Waals surface area contributed by atoms with Crippen LogP contribution in [-0.4, -0.2) is 26.3 Å². The van der Waals surface area contributed by atoms with E-state index in [1.165, 1.54) is 10.8 Å². The van der Waals surface area contributed by atoms with Gasteiger partial charge >= 0.3 is 5.95 Å². The predicted molar refractivity (Wildman–Crippen MR) is 75.4 cm³/mol. The van der Waals surface area contributed by atoms with E-state index < -0.39 is 4.92 Å². The molecule has 0 saturated heterocycles. The number of hydrogen-bond acceptors (Lipinski definition) is 5. The Labute approximate surface area is 124 Å². The Balaban J connectivity index is 1.73. The first kappa shape index (κ1) is 13.9. The SMILES string of the molecule is O=C1NC(=O)c2c(CCCn3ccnc3[N+](=O)[O-])cccc21. The van der Waals surface area contributed by atoms with Crippen LogP contribution in [-0.2, 0) is 13.0 Å². The fraction of sp³-hybridized carbons (Fsp3) is 0.214. The van der Waals surface area contributed by atoms with Crippen molar-refractivity contribution in [3.63, 3.8) is 0 Å². The second-order valence-electron chi connectivity index (χ2n) is 4.90. The number of aryl methyl sites for hydroxylation is 2. The molecular weight excluding hydrogens is 288 g/mol. The molecule has 8 heteroatoms. The van der Waals surface area contributed by atoms with Gasteiger partial charge in [0, 0.05) is 0 Å². The summed E-state index contributed by atoms with van der Waals surface area (Å²) < 4.78 is 1.45. The van der Waals surface area contributed by atoms with E-state index in [-0.39, 0.29) is 17.8 Å². The van der Waals surface area contributed by atoms with Gasteiger partial charge in [0.1, 0.15) is 12.4 Å². The molecular formula is C14H12N4O4. The third-order valence-electron chi connectivity index (χ3n) is 3.55. The van der Waals surface area contributed by atoms with Gasteiger partial charge in [0.15, 0.2) is 0 Å². The molecule has 1 N–H and O–H groups in total. The predicted octanol–water partition coefficient (Wildman–Crippen LogP) is 1.31. The fourth-order valence-electron chi connectivity index (χ4n) is 2.59. The number of aromatic nitrogens is 2. The molecule has 0 bridgehead atoms. The van der Waals surface area contributed by atoms with Crippen molar-refractivity contribution in [2.75, 3.05) is 0 Å². The van der Waals surface area contributed by atoms with Gasteiger partial charge in [-0.25, -0.2) is 4.57 Å². The summed E-state index contributed by atoms with van der Waals surface area (Å²) in [5.41, 5.74) is 1.56. The minimum atomic E-state index is -0.535. The van der Waals surface area contributed by atoms with E-state index in [0.29, 0.717) is 30.5 Å². The zero-order valence-electron chi connectivity index (χ0n) is 11.5.